The van der Waals surface area contributed by atoms with Crippen molar-refractivity contribution >= 4 is 18.3 Å². The van der Waals surface area contributed by atoms with Crippen molar-refractivity contribution in [3.63, 3.8) is 0 Å². The van der Waals surface area contributed by atoms with Crippen LogP contribution in [0.2, 0.25) is 0 Å². The van der Waals surface area contributed by atoms with Crippen LogP contribution >= 0.6 is 12.4 Å². The average Bonchev–Trinajstić information content (AvgIpc) is 2.92. The first-order chi connectivity index (χ1) is 9.56. The van der Waals surface area contributed by atoms with E-state index in [9.17, 15) is 4.79 Å². The lowest BCUT2D eigenvalue weighted by Gasteiger charge is -2.58. The van der Waals surface area contributed by atoms with Crippen molar-refractivity contribution < 1.29 is 9.53 Å². The van der Waals surface area contributed by atoms with Crippen molar-refractivity contribution in [3.8, 4) is 0 Å². The third kappa shape index (κ3) is 3.38. The Bertz CT molecular complexity index is 343. The number of nitrogens with zero attached hydrogens (tertiary/aromatic N) is 1. The lowest BCUT2D eigenvalue weighted by molar-refractivity contribution is -0.176. The van der Waals surface area contributed by atoms with Crippen molar-refractivity contribution in [2.24, 2.45) is 11.1 Å². The maximum atomic E-state index is 12.4. The fourth-order valence-corrected chi connectivity index (χ4v) is 4.21. The molecule has 124 valence electrons. The quantitative estimate of drug-likeness (QED) is 0.819. The topological polar surface area (TPSA) is 55.6 Å². The number of carbonyl (C=O) groups is 1. The molecule has 0 aromatic carbocycles. The molecule has 3 atom stereocenters. The van der Waals surface area contributed by atoms with E-state index in [0.29, 0.717) is 12.1 Å². The molecular weight excluding hydrogens is 288 g/mol. The molecule has 0 heterocycles. The molecule has 2 rings (SSSR count). The van der Waals surface area contributed by atoms with Gasteiger partial charge in [0.15, 0.2) is 0 Å². The van der Waals surface area contributed by atoms with Crippen molar-refractivity contribution in [2.45, 2.75) is 77.5 Å². The van der Waals surface area contributed by atoms with E-state index in [2.05, 4.69) is 18.7 Å². The Balaban J connectivity index is 0.00000220. The molecular formula is C16H31ClN2O2. The minimum absolute atomic E-state index is 0. The molecule has 2 N–H and O–H groups in total. The van der Waals surface area contributed by atoms with Gasteiger partial charge in [-0.2, -0.15) is 0 Å². The van der Waals surface area contributed by atoms with E-state index in [1.165, 1.54) is 25.7 Å². The maximum Gasteiger partial charge on any atom is 0.239 e. The van der Waals surface area contributed by atoms with Crippen LogP contribution in [0, 0.1) is 5.41 Å². The monoisotopic (exact) mass is 318 g/mol. The Morgan fingerprint density at radius 2 is 2.00 bits per heavy atom. The molecule has 2 unspecified atom stereocenters. The molecule has 0 bridgehead atoms. The molecule has 21 heavy (non-hydrogen) atoms. The predicted octanol–water partition coefficient (Wildman–Crippen LogP) is 2.73. The largest absolute Gasteiger partial charge is 0.378 e. The van der Waals surface area contributed by atoms with Gasteiger partial charge in [0.2, 0.25) is 5.91 Å². The zero-order valence-electron chi connectivity index (χ0n) is 13.6. The summed E-state index contributed by atoms with van der Waals surface area (Å²) in [6.07, 6.45) is 7.28. The minimum Gasteiger partial charge on any atom is -0.378 e. The smallest absolute Gasteiger partial charge is 0.239 e. The Labute approximate surface area is 135 Å². The van der Waals surface area contributed by atoms with Gasteiger partial charge in [-0.05, 0) is 39.5 Å². The van der Waals surface area contributed by atoms with E-state index < -0.39 is 6.04 Å². The molecule has 1 spiro atoms. The Kier molecular flexibility index (Phi) is 6.95. The third-order valence-electron chi connectivity index (χ3n) is 5.16. The summed E-state index contributed by atoms with van der Waals surface area (Å²) in [5.41, 5.74) is 6.06. The Hall–Kier alpha value is -0.320. The molecule has 0 aromatic rings. The summed E-state index contributed by atoms with van der Waals surface area (Å²) in [6, 6.07) is -0.0499. The molecule has 0 aromatic heterocycles. The summed E-state index contributed by atoms with van der Waals surface area (Å²) in [5, 5.41) is 0. The zero-order valence-corrected chi connectivity index (χ0v) is 14.5. The molecule has 2 fully saturated rings. The first kappa shape index (κ1) is 18.7. The van der Waals surface area contributed by atoms with Gasteiger partial charge in [-0.15, -0.1) is 12.4 Å². The standard InChI is InChI=1S/C16H30N2O2.ClH/c1-4-10-18(15(19)12(3)17)13-11-14(20-5-2)16(13)8-6-7-9-16;/h12-14H,4-11,17H2,1-3H3;1H/t12-,13?,14?;/m0./s1. The number of nitrogens with two attached hydrogens (primary N) is 1. The first-order valence-electron chi connectivity index (χ1n) is 8.24. The predicted molar refractivity (Wildman–Crippen MR) is 87.6 cm³/mol. The van der Waals surface area contributed by atoms with Crippen LogP contribution < -0.4 is 5.73 Å². The van der Waals surface area contributed by atoms with Crippen molar-refractivity contribution in [1.29, 1.82) is 0 Å². The lowest BCUT2D eigenvalue weighted by atomic mass is 9.59. The highest BCUT2D eigenvalue weighted by atomic mass is 35.5. The Morgan fingerprint density at radius 3 is 2.48 bits per heavy atom. The number of hydrogen-bond donors (Lipinski definition) is 1. The molecule has 4 nitrogen and oxygen atoms in total. The molecule has 2 aliphatic rings. The zero-order chi connectivity index (χ0) is 14.8. The van der Waals surface area contributed by atoms with E-state index in [1.807, 2.05) is 0 Å². The van der Waals surface area contributed by atoms with E-state index in [4.69, 9.17) is 10.5 Å². The second-order valence-corrected chi connectivity index (χ2v) is 6.46. The highest BCUT2D eigenvalue weighted by molar-refractivity contribution is 5.85. The van der Waals surface area contributed by atoms with Crippen LogP contribution in [0.25, 0.3) is 0 Å². The molecule has 0 aliphatic heterocycles. The fraction of sp³-hybridized carbons (Fsp3) is 0.938. The van der Waals surface area contributed by atoms with Gasteiger partial charge in [-0.3, -0.25) is 4.79 Å². The SMILES string of the molecule is CCCN(C(=O)[C@H](C)N)C1CC(OCC)C12CCCC2.Cl. The van der Waals surface area contributed by atoms with Gasteiger partial charge in [0, 0.05) is 24.6 Å². The van der Waals surface area contributed by atoms with Gasteiger partial charge in [0.05, 0.1) is 12.1 Å². The second kappa shape index (κ2) is 7.80. The summed E-state index contributed by atoms with van der Waals surface area (Å²) < 4.78 is 5.95. The minimum atomic E-state index is -0.397. The second-order valence-electron chi connectivity index (χ2n) is 6.46. The lowest BCUT2D eigenvalue weighted by Crippen LogP contribution is -2.66. The van der Waals surface area contributed by atoms with E-state index in [-0.39, 0.29) is 23.7 Å². The van der Waals surface area contributed by atoms with Gasteiger partial charge in [-0.1, -0.05) is 19.8 Å². The van der Waals surface area contributed by atoms with Gasteiger partial charge in [-0.25, -0.2) is 0 Å². The first-order valence-corrected chi connectivity index (χ1v) is 8.24. The van der Waals surface area contributed by atoms with E-state index in [1.54, 1.807) is 6.92 Å². The van der Waals surface area contributed by atoms with Gasteiger partial charge < -0.3 is 15.4 Å². The number of ether oxygens (including phenoxy) is 1. The number of hydrogen-bond acceptors (Lipinski definition) is 3. The van der Waals surface area contributed by atoms with Crippen LogP contribution in [0.5, 0.6) is 0 Å². The van der Waals surface area contributed by atoms with Crippen LogP contribution in [0.4, 0.5) is 0 Å². The Morgan fingerprint density at radius 1 is 1.38 bits per heavy atom. The van der Waals surface area contributed by atoms with Gasteiger partial charge >= 0.3 is 0 Å². The van der Waals surface area contributed by atoms with Gasteiger partial charge in [0.25, 0.3) is 0 Å². The molecule has 2 saturated carbocycles. The number of carbonyl (C=O) groups excluding carboxylic acids is 1. The average molecular weight is 319 g/mol. The van der Waals surface area contributed by atoms with Gasteiger partial charge in [0.1, 0.15) is 0 Å². The number of amides is 1. The summed E-state index contributed by atoms with van der Waals surface area (Å²) in [6.45, 7) is 7.58. The van der Waals surface area contributed by atoms with Crippen LogP contribution in [0.3, 0.4) is 0 Å². The molecule has 0 radical (unpaired) electrons. The molecule has 0 saturated heterocycles. The summed E-state index contributed by atoms with van der Waals surface area (Å²) in [4.78, 5) is 14.5. The van der Waals surface area contributed by atoms with Crippen molar-refractivity contribution in [3.05, 3.63) is 0 Å². The summed E-state index contributed by atoms with van der Waals surface area (Å²) in [7, 11) is 0. The fourth-order valence-electron chi connectivity index (χ4n) is 4.21. The highest BCUT2D eigenvalue weighted by Crippen LogP contribution is 2.56. The van der Waals surface area contributed by atoms with Crippen molar-refractivity contribution in [1.82, 2.24) is 4.90 Å². The van der Waals surface area contributed by atoms with Crippen molar-refractivity contribution in [2.75, 3.05) is 13.2 Å². The normalized spacial score (nSPS) is 27.8. The summed E-state index contributed by atoms with van der Waals surface area (Å²) in [5.74, 6) is 0.109. The molecule has 1 amide bonds. The third-order valence-corrected chi connectivity index (χ3v) is 5.16. The van der Waals surface area contributed by atoms with Crippen LogP contribution in [-0.4, -0.2) is 42.1 Å². The summed E-state index contributed by atoms with van der Waals surface area (Å²) >= 11 is 0. The van der Waals surface area contributed by atoms with E-state index in [0.717, 1.165) is 26.0 Å². The van der Waals surface area contributed by atoms with Crippen LogP contribution in [0.15, 0.2) is 0 Å². The van der Waals surface area contributed by atoms with Crippen LogP contribution in [0.1, 0.15) is 59.3 Å². The van der Waals surface area contributed by atoms with E-state index >= 15 is 0 Å². The number of halogens is 1. The maximum absolute atomic E-state index is 12.4. The highest BCUT2D eigenvalue weighted by Gasteiger charge is 2.59. The number of rotatable bonds is 6. The molecule has 5 heteroatoms. The molecule has 2 aliphatic carbocycles. The van der Waals surface area contributed by atoms with Crippen LogP contribution in [-0.2, 0) is 9.53 Å².